The monoisotopic (exact) mass is 281 g/mol. The molecule has 1 heterocycles. The molecule has 1 saturated carbocycles. The molecule has 0 amide bonds. The van der Waals surface area contributed by atoms with Crippen LogP contribution < -0.4 is 5.32 Å². The first-order valence-corrected chi connectivity index (χ1v) is 8.60. The molecule has 19 heavy (non-hydrogen) atoms. The van der Waals surface area contributed by atoms with Crippen LogP contribution in [0.2, 0.25) is 0 Å². The van der Waals surface area contributed by atoms with Gasteiger partial charge in [-0.15, -0.1) is 21.5 Å². The predicted molar refractivity (Wildman–Crippen MR) is 81.6 cm³/mol. The molecule has 0 aliphatic heterocycles. The highest BCUT2D eigenvalue weighted by atomic mass is 32.1. The minimum atomic E-state index is 0.580. The Hall–Kier alpha value is -0.480. The molecule has 108 valence electrons. The lowest BCUT2D eigenvalue weighted by Gasteiger charge is -2.06. The van der Waals surface area contributed by atoms with Gasteiger partial charge in [0, 0.05) is 18.9 Å². The Labute approximate surface area is 121 Å². The fraction of sp³-hybridized carbons (Fsp3) is 0.867. The van der Waals surface area contributed by atoms with Crippen LogP contribution >= 0.6 is 11.3 Å². The fourth-order valence-corrected chi connectivity index (χ4v) is 3.65. The third-order valence-electron chi connectivity index (χ3n) is 3.87. The largest absolute Gasteiger partial charge is 0.315 e. The third-order valence-corrected chi connectivity index (χ3v) is 4.91. The van der Waals surface area contributed by atoms with Crippen LogP contribution in [0.15, 0.2) is 0 Å². The summed E-state index contributed by atoms with van der Waals surface area (Å²) in [5.74, 6) is 0.961. The van der Waals surface area contributed by atoms with Crippen molar-refractivity contribution < 1.29 is 0 Å². The maximum absolute atomic E-state index is 4.34. The van der Waals surface area contributed by atoms with Crippen LogP contribution in [0.4, 0.5) is 0 Å². The Morgan fingerprint density at radius 3 is 2.53 bits per heavy atom. The van der Waals surface area contributed by atoms with Crippen LogP contribution in [-0.2, 0) is 12.8 Å². The molecular weight excluding hydrogens is 254 g/mol. The Kier molecular flexibility index (Phi) is 6.24. The number of hydrogen-bond acceptors (Lipinski definition) is 4. The Morgan fingerprint density at radius 1 is 1.16 bits per heavy atom. The van der Waals surface area contributed by atoms with E-state index >= 15 is 0 Å². The van der Waals surface area contributed by atoms with Crippen molar-refractivity contribution in [2.24, 2.45) is 5.92 Å². The van der Waals surface area contributed by atoms with Crippen molar-refractivity contribution in [3.8, 4) is 0 Å². The van der Waals surface area contributed by atoms with Gasteiger partial charge in [-0.1, -0.05) is 39.5 Å². The minimum Gasteiger partial charge on any atom is -0.315 e. The van der Waals surface area contributed by atoms with Gasteiger partial charge in [-0.05, 0) is 25.3 Å². The summed E-state index contributed by atoms with van der Waals surface area (Å²) in [7, 11) is 0. The minimum absolute atomic E-state index is 0.580. The Balaban J connectivity index is 1.63. The highest BCUT2D eigenvalue weighted by Crippen LogP contribution is 2.29. The molecule has 1 N–H and O–H groups in total. The summed E-state index contributed by atoms with van der Waals surface area (Å²) in [6.07, 6.45) is 10.5. The van der Waals surface area contributed by atoms with E-state index in [9.17, 15) is 0 Å². The van der Waals surface area contributed by atoms with Crippen LogP contribution in [0.3, 0.4) is 0 Å². The predicted octanol–water partition coefficient (Wildman–Crippen LogP) is 3.59. The van der Waals surface area contributed by atoms with Gasteiger partial charge in [0.2, 0.25) is 0 Å². The van der Waals surface area contributed by atoms with Gasteiger partial charge >= 0.3 is 0 Å². The second kappa shape index (κ2) is 7.95. The van der Waals surface area contributed by atoms with Crippen LogP contribution in [0.1, 0.15) is 62.4 Å². The molecule has 1 aliphatic rings. The van der Waals surface area contributed by atoms with Crippen molar-refractivity contribution in [1.29, 1.82) is 0 Å². The highest BCUT2D eigenvalue weighted by Gasteiger charge is 2.15. The zero-order chi connectivity index (χ0) is 13.5. The number of nitrogens with one attached hydrogen (secondary N) is 1. The number of rotatable bonds is 8. The highest BCUT2D eigenvalue weighted by molar-refractivity contribution is 7.11. The van der Waals surface area contributed by atoms with E-state index in [-0.39, 0.29) is 0 Å². The summed E-state index contributed by atoms with van der Waals surface area (Å²) in [5, 5.41) is 14.6. The van der Waals surface area contributed by atoms with Gasteiger partial charge in [-0.3, -0.25) is 0 Å². The summed E-state index contributed by atoms with van der Waals surface area (Å²) in [5.41, 5.74) is 0. The molecule has 1 aromatic rings. The molecule has 2 rings (SSSR count). The molecule has 3 nitrogen and oxygen atoms in total. The second-order valence-electron chi connectivity index (χ2n) is 5.99. The van der Waals surface area contributed by atoms with Crippen molar-refractivity contribution in [3.63, 3.8) is 0 Å². The van der Waals surface area contributed by atoms with Gasteiger partial charge < -0.3 is 5.32 Å². The SMILES string of the molecule is CC(C)NCCCc1nnc(CCC2CCCC2)s1. The van der Waals surface area contributed by atoms with Gasteiger partial charge in [0.05, 0.1) is 0 Å². The third kappa shape index (κ3) is 5.57. The number of aromatic nitrogens is 2. The van der Waals surface area contributed by atoms with E-state index in [2.05, 4.69) is 29.4 Å². The van der Waals surface area contributed by atoms with Crippen molar-refractivity contribution in [2.45, 2.75) is 71.3 Å². The van der Waals surface area contributed by atoms with E-state index < -0.39 is 0 Å². The average molecular weight is 281 g/mol. The number of hydrogen-bond donors (Lipinski definition) is 1. The summed E-state index contributed by atoms with van der Waals surface area (Å²) in [6.45, 7) is 5.45. The summed E-state index contributed by atoms with van der Waals surface area (Å²) < 4.78 is 0. The first-order chi connectivity index (χ1) is 9.24. The van der Waals surface area contributed by atoms with Gasteiger partial charge in [0.1, 0.15) is 10.0 Å². The molecule has 0 spiro atoms. The molecule has 1 aromatic heterocycles. The lowest BCUT2D eigenvalue weighted by molar-refractivity contribution is 0.502. The van der Waals surface area contributed by atoms with E-state index in [0.29, 0.717) is 6.04 Å². The zero-order valence-corrected chi connectivity index (χ0v) is 13.1. The Bertz CT molecular complexity index is 356. The van der Waals surface area contributed by atoms with Crippen LogP contribution in [0, 0.1) is 5.92 Å². The van der Waals surface area contributed by atoms with E-state index in [1.165, 1.54) is 42.1 Å². The molecule has 1 aliphatic carbocycles. The van der Waals surface area contributed by atoms with Crippen LogP contribution in [0.25, 0.3) is 0 Å². The molecule has 0 saturated heterocycles. The van der Waals surface area contributed by atoms with E-state index in [1.54, 1.807) is 0 Å². The fourth-order valence-electron chi connectivity index (χ4n) is 2.75. The van der Waals surface area contributed by atoms with Crippen LogP contribution in [-0.4, -0.2) is 22.8 Å². The van der Waals surface area contributed by atoms with Crippen molar-refractivity contribution in [3.05, 3.63) is 10.0 Å². The average Bonchev–Trinajstić information content (AvgIpc) is 3.03. The quantitative estimate of drug-likeness (QED) is 0.740. The topological polar surface area (TPSA) is 37.8 Å². The first-order valence-electron chi connectivity index (χ1n) is 7.78. The molecule has 4 heteroatoms. The first kappa shape index (κ1) is 14.9. The lowest BCUT2D eigenvalue weighted by atomic mass is 10.0. The van der Waals surface area contributed by atoms with Gasteiger partial charge in [0.15, 0.2) is 0 Å². The van der Waals surface area contributed by atoms with Crippen LogP contribution in [0.5, 0.6) is 0 Å². The summed E-state index contributed by atoms with van der Waals surface area (Å²) >= 11 is 1.83. The van der Waals surface area contributed by atoms with E-state index in [0.717, 1.165) is 31.7 Å². The smallest absolute Gasteiger partial charge is 0.117 e. The normalized spacial score (nSPS) is 16.6. The molecule has 0 unspecified atom stereocenters. The molecule has 0 radical (unpaired) electrons. The summed E-state index contributed by atoms with van der Waals surface area (Å²) in [6, 6.07) is 0.580. The Morgan fingerprint density at radius 2 is 1.84 bits per heavy atom. The number of nitrogens with zero attached hydrogens (tertiary/aromatic N) is 2. The summed E-state index contributed by atoms with van der Waals surface area (Å²) in [4.78, 5) is 0. The number of aryl methyl sites for hydroxylation is 2. The molecule has 0 aromatic carbocycles. The second-order valence-corrected chi connectivity index (χ2v) is 7.14. The lowest BCUT2D eigenvalue weighted by Crippen LogP contribution is -2.23. The van der Waals surface area contributed by atoms with Gasteiger partial charge in [0.25, 0.3) is 0 Å². The van der Waals surface area contributed by atoms with Crippen molar-refractivity contribution in [1.82, 2.24) is 15.5 Å². The van der Waals surface area contributed by atoms with Gasteiger partial charge in [-0.2, -0.15) is 0 Å². The maximum atomic E-state index is 4.34. The van der Waals surface area contributed by atoms with E-state index in [4.69, 9.17) is 0 Å². The van der Waals surface area contributed by atoms with Crippen molar-refractivity contribution >= 4 is 11.3 Å². The molecule has 0 atom stereocenters. The maximum Gasteiger partial charge on any atom is 0.117 e. The molecular formula is C15H27N3S. The zero-order valence-electron chi connectivity index (χ0n) is 12.3. The molecule has 0 bridgehead atoms. The van der Waals surface area contributed by atoms with E-state index in [1.807, 2.05) is 11.3 Å². The standard InChI is InChI=1S/C15H27N3S/c1-12(2)16-11-5-8-14-17-18-15(19-14)10-9-13-6-3-4-7-13/h12-13,16H,3-11H2,1-2H3. The molecule has 1 fully saturated rings. The van der Waals surface area contributed by atoms with Crippen molar-refractivity contribution in [2.75, 3.05) is 6.54 Å². The van der Waals surface area contributed by atoms with Gasteiger partial charge in [-0.25, -0.2) is 0 Å².